The molecule has 228 valence electrons. The van der Waals surface area contributed by atoms with Gasteiger partial charge in [-0.1, -0.05) is 37.6 Å². The third-order valence-electron chi connectivity index (χ3n) is 12.0. The Kier molecular flexibility index (Phi) is 6.93. The van der Waals surface area contributed by atoms with Crippen molar-refractivity contribution < 1.29 is 28.2 Å². The summed E-state index contributed by atoms with van der Waals surface area (Å²) in [6.07, 6.45) is 11.0. The quantitative estimate of drug-likeness (QED) is 0.212. The molecule has 5 aliphatic rings. The van der Waals surface area contributed by atoms with E-state index in [1.807, 2.05) is 18.2 Å². The zero-order valence-corrected chi connectivity index (χ0v) is 25.7. The minimum absolute atomic E-state index is 0.0779. The highest BCUT2D eigenvalue weighted by Gasteiger charge is 2.84. The Morgan fingerprint density at radius 2 is 1.77 bits per heavy atom. The van der Waals surface area contributed by atoms with E-state index in [0.717, 1.165) is 56.1 Å². The fourth-order valence-corrected chi connectivity index (χ4v) is 10.3. The molecule has 7 rings (SSSR count). The summed E-state index contributed by atoms with van der Waals surface area (Å²) < 4.78 is 23.9. The molecule has 8 heteroatoms. The van der Waals surface area contributed by atoms with Gasteiger partial charge in [0.15, 0.2) is 0 Å². The average Bonchev–Trinajstić information content (AvgIpc) is 3.68. The van der Waals surface area contributed by atoms with E-state index in [1.54, 1.807) is 24.5 Å². The van der Waals surface area contributed by atoms with Crippen molar-refractivity contribution in [3.63, 3.8) is 0 Å². The first-order valence-electron chi connectivity index (χ1n) is 15.6. The second kappa shape index (κ2) is 10.3. The van der Waals surface area contributed by atoms with Crippen LogP contribution in [0.5, 0.6) is 0 Å². The molecule has 43 heavy (non-hydrogen) atoms. The molecule has 0 N–H and O–H groups in total. The first-order chi connectivity index (χ1) is 20.5. The second-order valence-electron chi connectivity index (χ2n) is 13.9. The van der Waals surface area contributed by atoms with Crippen molar-refractivity contribution in [2.75, 3.05) is 0 Å². The monoisotopic (exact) mass is 606 g/mol. The van der Waals surface area contributed by atoms with E-state index < -0.39 is 6.10 Å². The molecule has 0 radical (unpaired) electrons. The van der Waals surface area contributed by atoms with Crippen molar-refractivity contribution in [3.05, 3.63) is 75.3 Å². The van der Waals surface area contributed by atoms with Gasteiger partial charge in [-0.2, -0.15) is 0 Å². The minimum Gasteiger partial charge on any atom is -0.459 e. The molecule has 1 aromatic heterocycles. The van der Waals surface area contributed by atoms with Crippen LogP contribution in [0.15, 0.2) is 57.9 Å². The number of halogens is 1. The molecule has 1 saturated heterocycles. The van der Waals surface area contributed by atoms with E-state index in [0.29, 0.717) is 22.8 Å². The Bertz CT molecular complexity index is 1490. The Hall–Kier alpha value is -2.90. The summed E-state index contributed by atoms with van der Waals surface area (Å²) in [7, 11) is 0. The molecule has 1 spiro atoms. The molecule has 2 heterocycles. The summed E-state index contributed by atoms with van der Waals surface area (Å²) in [5.74, 6) is 0.603. The third kappa shape index (κ3) is 4.52. The molecule has 4 saturated carbocycles. The maximum absolute atomic E-state index is 12.7. The Balaban J connectivity index is 1.08. The largest absolute Gasteiger partial charge is 0.459 e. The predicted molar refractivity (Wildman–Crippen MR) is 160 cm³/mol. The zero-order chi connectivity index (χ0) is 30.1. The Morgan fingerprint density at radius 1 is 0.977 bits per heavy atom. The van der Waals surface area contributed by atoms with Gasteiger partial charge in [-0.05, 0) is 104 Å². The summed E-state index contributed by atoms with van der Waals surface area (Å²) in [4.78, 5) is 36.7. The second-order valence-corrected chi connectivity index (χ2v) is 14.4. The van der Waals surface area contributed by atoms with Crippen LogP contribution in [0.2, 0.25) is 5.02 Å². The highest BCUT2D eigenvalue weighted by atomic mass is 35.5. The third-order valence-corrected chi connectivity index (χ3v) is 12.3. The van der Waals surface area contributed by atoms with Gasteiger partial charge < -0.3 is 18.6 Å². The molecular formula is C35H39ClO7. The van der Waals surface area contributed by atoms with E-state index in [-0.39, 0.29) is 52.1 Å². The number of epoxide rings is 1. The summed E-state index contributed by atoms with van der Waals surface area (Å²) in [5.41, 5.74) is 0.940. The summed E-state index contributed by atoms with van der Waals surface area (Å²) >= 11 is 5.96. The highest BCUT2D eigenvalue weighted by Crippen LogP contribution is 2.78. The number of fused-ring (bicyclic) bond motifs is 3. The first-order valence-corrected chi connectivity index (χ1v) is 16.0. The Labute approximate surface area is 256 Å². The summed E-state index contributed by atoms with van der Waals surface area (Å²) in [5, 5.41) is 0.661. The van der Waals surface area contributed by atoms with Crippen LogP contribution in [0.3, 0.4) is 0 Å². The van der Waals surface area contributed by atoms with Crippen LogP contribution in [-0.2, 0) is 23.8 Å². The van der Waals surface area contributed by atoms with Gasteiger partial charge in [0.2, 0.25) is 0 Å². The van der Waals surface area contributed by atoms with Crippen molar-refractivity contribution in [2.24, 2.45) is 28.6 Å². The Morgan fingerprint density at radius 3 is 2.49 bits per heavy atom. The molecule has 7 nitrogen and oxygen atoms in total. The maximum atomic E-state index is 12.7. The van der Waals surface area contributed by atoms with Crippen molar-refractivity contribution in [2.45, 2.75) is 95.5 Å². The van der Waals surface area contributed by atoms with Gasteiger partial charge >= 0.3 is 17.6 Å². The lowest BCUT2D eigenvalue weighted by Crippen LogP contribution is -2.58. The minimum atomic E-state index is -0.407. The highest BCUT2D eigenvalue weighted by molar-refractivity contribution is 6.30. The molecular weight excluding hydrogens is 568 g/mol. The van der Waals surface area contributed by atoms with Crippen molar-refractivity contribution in [1.82, 2.24) is 0 Å². The normalized spacial score (nSPS) is 41.0. The maximum Gasteiger partial charge on any atom is 0.335 e. The van der Waals surface area contributed by atoms with Crippen LogP contribution < -0.4 is 5.63 Å². The van der Waals surface area contributed by atoms with Gasteiger partial charge in [-0.25, -0.2) is 9.59 Å². The predicted octanol–water partition coefficient (Wildman–Crippen LogP) is 6.72. The lowest BCUT2D eigenvalue weighted by Gasteiger charge is -2.61. The first kappa shape index (κ1) is 28.8. The molecule has 4 aliphatic carbocycles. The standard InChI is InChI=1S/C35H39ClO7/c1-20(37)41-31-30(22-7-13-28(38)40-19-22)34(3)17-15-26-27(35(34)32(31)43-35)11-8-23-18-25(14-16-33(23,26)2)42-29(39)12-6-21-4-9-24(36)10-5-21/h4-7,9-10,12-13,19,23,25-27,30-32H,8,11,14-18H2,1-3H3/b12-6+/t23-,25+,26+,27-,30+,31-,32-,33+,34-,35-/m1/s1. The van der Waals surface area contributed by atoms with E-state index in [1.165, 1.54) is 19.1 Å². The number of rotatable bonds is 5. The van der Waals surface area contributed by atoms with Crippen LogP contribution in [0.25, 0.3) is 6.08 Å². The van der Waals surface area contributed by atoms with Gasteiger partial charge in [0, 0.05) is 35.4 Å². The topological polar surface area (TPSA) is 95.3 Å². The SMILES string of the molecule is CC(=O)O[C@H]1[C@H]2O[C@]23[C@@H]2CC[C@@H]4C[C@@H](OC(=O)/C=C/c5ccc(Cl)cc5)CC[C@]4(C)[C@H]2CC[C@]3(C)[C@H]1c1ccc(=O)oc1. The number of carbonyl (C=O) groups is 2. The zero-order valence-electron chi connectivity index (χ0n) is 24.9. The number of hydrogen-bond donors (Lipinski definition) is 0. The van der Waals surface area contributed by atoms with Crippen LogP contribution in [0, 0.1) is 28.6 Å². The molecule has 0 bridgehead atoms. The summed E-state index contributed by atoms with van der Waals surface area (Å²) in [6.45, 7) is 6.20. The molecule has 5 fully saturated rings. The molecule has 0 unspecified atom stereocenters. The van der Waals surface area contributed by atoms with Crippen LogP contribution in [-0.4, -0.2) is 35.9 Å². The number of benzene rings is 1. The van der Waals surface area contributed by atoms with E-state index in [9.17, 15) is 14.4 Å². The van der Waals surface area contributed by atoms with E-state index >= 15 is 0 Å². The number of hydrogen-bond acceptors (Lipinski definition) is 7. The average molecular weight is 607 g/mol. The molecule has 10 atom stereocenters. The molecule has 0 amide bonds. The van der Waals surface area contributed by atoms with Gasteiger partial charge in [0.25, 0.3) is 0 Å². The number of esters is 2. The fourth-order valence-electron chi connectivity index (χ4n) is 10.1. The lowest BCUT2D eigenvalue weighted by atomic mass is 9.44. The fraction of sp³-hybridized carbons (Fsp3) is 0.571. The van der Waals surface area contributed by atoms with Gasteiger partial charge in [0.1, 0.15) is 23.9 Å². The van der Waals surface area contributed by atoms with Crippen molar-refractivity contribution in [1.29, 1.82) is 0 Å². The smallest absolute Gasteiger partial charge is 0.335 e. The van der Waals surface area contributed by atoms with Crippen LogP contribution in [0.1, 0.15) is 82.8 Å². The number of carbonyl (C=O) groups excluding carboxylic acids is 2. The van der Waals surface area contributed by atoms with Gasteiger partial charge in [0.05, 0.1) is 6.26 Å². The molecule has 1 aliphatic heterocycles. The molecule has 1 aromatic carbocycles. The van der Waals surface area contributed by atoms with Crippen LogP contribution in [0.4, 0.5) is 0 Å². The van der Waals surface area contributed by atoms with Crippen LogP contribution >= 0.6 is 11.6 Å². The van der Waals surface area contributed by atoms with Gasteiger partial charge in [-0.3, -0.25) is 4.79 Å². The molecule has 2 aromatic rings. The van der Waals surface area contributed by atoms with Crippen molar-refractivity contribution in [3.8, 4) is 0 Å². The summed E-state index contributed by atoms with van der Waals surface area (Å²) in [6, 6.07) is 10.6. The van der Waals surface area contributed by atoms with E-state index in [2.05, 4.69) is 13.8 Å². The van der Waals surface area contributed by atoms with E-state index in [4.69, 9.17) is 30.2 Å². The van der Waals surface area contributed by atoms with Gasteiger partial charge in [-0.15, -0.1) is 0 Å². The van der Waals surface area contributed by atoms with Crippen molar-refractivity contribution >= 4 is 29.6 Å². The lowest BCUT2D eigenvalue weighted by molar-refractivity contribution is -0.165. The number of ether oxygens (including phenoxy) is 3.